The molecule has 2 aromatic rings. The van der Waals surface area contributed by atoms with Crippen LogP contribution in [0.4, 0.5) is 0 Å². The van der Waals surface area contributed by atoms with E-state index in [1.807, 2.05) is 13.8 Å². The van der Waals surface area contributed by atoms with E-state index in [2.05, 4.69) is 4.74 Å². The third-order valence-corrected chi connectivity index (χ3v) is 5.64. The van der Waals surface area contributed by atoms with E-state index in [-0.39, 0.29) is 48.4 Å². The number of rotatable bonds is 15. The fourth-order valence-corrected chi connectivity index (χ4v) is 3.81. The Bertz CT molecular complexity index is 1110. The second kappa shape index (κ2) is 14.2. The van der Waals surface area contributed by atoms with Crippen molar-refractivity contribution in [1.82, 2.24) is 0 Å². The van der Waals surface area contributed by atoms with E-state index in [0.717, 1.165) is 12.8 Å². The van der Waals surface area contributed by atoms with Gasteiger partial charge in [-0.05, 0) is 51.0 Å². The molecule has 2 rings (SSSR count). The minimum Gasteiger partial charge on any atom is -0.507 e. The molecule has 2 aromatic carbocycles. The molecule has 1 atom stereocenters. The zero-order chi connectivity index (χ0) is 27.5. The predicted octanol–water partition coefficient (Wildman–Crippen LogP) is 4.07. The lowest BCUT2D eigenvalue weighted by Gasteiger charge is -2.21. The number of carbonyl (C=O) groups is 3. The number of methoxy groups -OCH3 is 1. The average Bonchev–Trinajstić information content (AvgIpc) is 2.86. The molecule has 0 aliphatic carbocycles. The largest absolute Gasteiger partial charge is 0.507 e. The number of phenols is 1. The molecule has 0 saturated carbocycles. The normalized spacial score (nSPS) is 11.5. The quantitative estimate of drug-likeness (QED) is 0.266. The summed E-state index contributed by atoms with van der Waals surface area (Å²) >= 11 is 0. The van der Waals surface area contributed by atoms with Crippen LogP contribution in [-0.4, -0.2) is 60.8 Å². The molecule has 202 valence electrons. The first kappa shape index (κ1) is 29.6. The molecular formula is C28H36O9. The Morgan fingerprint density at radius 3 is 1.92 bits per heavy atom. The number of hydrogen-bond acceptors (Lipinski definition) is 9. The molecule has 0 radical (unpaired) electrons. The van der Waals surface area contributed by atoms with Gasteiger partial charge in [0.2, 0.25) is 0 Å². The van der Waals surface area contributed by atoms with E-state index in [9.17, 15) is 24.6 Å². The monoisotopic (exact) mass is 516 g/mol. The van der Waals surface area contributed by atoms with Crippen LogP contribution < -0.4 is 14.2 Å². The summed E-state index contributed by atoms with van der Waals surface area (Å²) in [5.41, 5.74) is 1.66. The number of phenolic OH excluding ortho intramolecular Hbond substituents is 1. The van der Waals surface area contributed by atoms with Gasteiger partial charge in [0.05, 0.1) is 18.2 Å². The van der Waals surface area contributed by atoms with Crippen LogP contribution in [0.2, 0.25) is 0 Å². The van der Waals surface area contributed by atoms with Gasteiger partial charge in [0.1, 0.15) is 42.3 Å². The molecule has 0 fully saturated rings. The van der Waals surface area contributed by atoms with Crippen LogP contribution in [-0.2, 0) is 22.4 Å². The van der Waals surface area contributed by atoms with E-state index < -0.39 is 12.1 Å². The van der Waals surface area contributed by atoms with Crippen molar-refractivity contribution in [1.29, 1.82) is 0 Å². The van der Waals surface area contributed by atoms with Gasteiger partial charge in [-0.15, -0.1) is 0 Å². The molecule has 0 amide bonds. The van der Waals surface area contributed by atoms with Crippen molar-refractivity contribution in [3.63, 3.8) is 0 Å². The second-order valence-corrected chi connectivity index (χ2v) is 8.61. The van der Waals surface area contributed by atoms with Crippen molar-refractivity contribution in [3.05, 3.63) is 46.5 Å². The van der Waals surface area contributed by atoms with E-state index in [0.29, 0.717) is 41.0 Å². The van der Waals surface area contributed by atoms with Crippen molar-refractivity contribution in [2.45, 2.75) is 59.5 Å². The zero-order valence-electron chi connectivity index (χ0n) is 22.1. The Kier molecular flexibility index (Phi) is 11.4. The van der Waals surface area contributed by atoms with Crippen LogP contribution in [0.25, 0.3) is 0 Å². The first-order valence-electron chi connectivity index (χ1n) is 12.3. The highest BCUT2D eigenvalue weighted by Gasteiger charge is 2.21. The average molecular weight is 517 g/mol. The predicted molar refractivity (Wildman–Crippen MR) is 137 cm³/mol. The molecule has 0 aliphatic heterocycles. The molecule has 0 spiro atoms. The minimum absolute atomic E-state index is 0.114. The molecule has 0 bridgehead atoms. The van der Waals surface area contributed by atoms with Gasteiger partial charge in [-0.1, -0.05) is 26.7 Å². The maximum atomic E-state index is 12.3. The van der Waals surface area contributed by atoms with Crippen molar-refractivity contribution >= 4 is 17.5 Å². The summed E-state index contributed by atoms with van der Waals surface area (Å²) < 4.78 is 21.9. The highest BCUT2D eigenvalue weighted by Crippen LogP contribution is 2.35. The van der Waals surface area contributed by atoms with Gasteiger partial charge in [-0.3, -0.25) is 9.59 Å². The van der Waals surface area contributed by atoms with Crippen LogP contribution in [0.1, 0.15) is 72.4 Å². The SMILES string of the molecule is CCCc1c(OCC(O)COc2c(C(C)=O)ccc(OCC(=O)OC)c2CCC)ccc(C(C)=O)c1O. The Hall–Kier alpha value is -3.59. The third-order valence-electron chi connectivity index (χ3n) is 5.64. The maximum absolute atomic E-state index is 12.3. The summed E-state index contributed by atoms with van der Waals surface area (Å²) in [4.78, 5) is 35.6. The van der Waals surface area contributed by atoms with Gasteiger partial charge in [0.25, 0.3) is 0 Å². The van der Waals surface area contributed by atoms with Crippen LogP contribution in [0.15, 0.2) is 24.3 Å². The fourth-order valence-electron chi connectivity index (χ4n) is 3.81. The summed E-state index contributed by atoms with van der Waals surface area (Å²) in [5, 5.41) is 21.1. The number of ether oxygens (including phenoxy) is 4. The summed E-state index contributed by atoms with van der Waals surface area (Å²) in [6.07, 6.45) is 1.38. The standard InChI is InChI=1S/C28H36O9/c1-6-8-22-24(12-10-20(17(3)29)27(22)33)35-14-19(31)15-37-28-21(18(4)30)11-13-25(23(28)9-7-2)36-16-26(32)34-5/h10-13,19,31,33H,6-9,14-16H2,1-5H3. The van der Waals surface area contributed by atoms with E-state index in [1.54, 1.807) is 18.2 Å². The van der Waals surface area contributed by atoms with E-state index in [4.69, 9.17) is 14.2 Å². The molecule has 0 saturated heterocycles. The molecule has 9 heteroatoms. The van der Waals surface area contributed by atoms with Crippen LogP contribution in [0, 0.1) is 0 Å². The molecule has 0 aromatic heterocycles. The lowest BCUT2D eigenvalue weighted by Crippen LogP contribution is -2.26. The first-order chi connectivity index (χ1) is 17.6. The highest BCUT2D eigenvalue weighted by atomic mass is 16.6. The molecule has 1 unspecified atom stereocenters. The number of Topliss-reactive ketones (excluding diaryl/α,β-unsaturated/α-hetero) is 2. The molecular weight excluding hydrogens is 480 g/mol. The molecule has 37 heavy (non-hydrogen) atoms. The number of carbonyl (C=O) groups excluding carboxylic acids is 3. The van der Waals surface area contributed by atoms with Gasteiger partial charge in [0.15, 0.2) is 18.2 Å². The number of aromatic hydroxyl groups is 1. The Balaban J connectivity index is 2.21. The Morgan fingerprint density at radius 2 is 1.35 bits per heavy atom. The minimum atomic E-state index is -1.07. The number of ketones is 2. The number of aliphatic hydroxyl groups is 1. The van der Waals surface area contributed by atoms with Gasteiger partial charge >= 0.3 is 5.97 Å². The Labute approximate surface area is 217 Å². The maximum Gasteiger partial charge on any atom is 0.343 e. The Morgan fingerprint density at radius 1 is 0.811 bits per heavy atom. The zero-order valence-corrected chi connectivity index (χ0v) is 22.1. The van der Waals surface area contributed by atoms with Crippen molar-refractivity contribution in [2.75, 3.05) is 26.9 Å². The van der Waals surface area contributed by atoms with Crippen molar-refractivity contribution < 1.29 is 43.5 Å². The van der Waals surface area contributed by atoms with Gasteiger partial charge < -0.3 is 29.2 Å². The van der Waals surface area contributed by atoms with E-state index in [1.165, 1.54) is 27.0 Å². The third kappa shape index (κ3) is 7.95. The summed E-state index contributed by atoms with van der Waals surface area (Å²) in [6.45, 7) is 6.07. The van der Waals surface area contributed by atoms with Crippen LogP contribution >= 0.6 is 0 Å². The highest BCUT2D eigenvalue weighted by molar-refractivity contribution is 5.98. The summed E-state index contributed by atoms with van der Waals surface area (Å²) in [6, 6.07) is 6.27. The second-order valence-electron chi connectivity index (χ2n) is 8.61. The van der Waals surface area contributed by atoms with Gasteiger partial charge in [0, 0.05) is 11.1 Å². The lowest BCUT2D eigenvalue weighted by molar-refractivity contribution is -0.142. The molecule has 0 heterocycles. The fraction of sp³-hybridized carbons (Fsp3) is 0.464. The summed E-state index contributed by atoms with van der Waals surface area (Å²) in [5.74, 6) is -0.0823. The number of esters is 1. The van der Waals surface area contributed by atoms with E-state index >= 15 is 0 Å². The lowest BCUT2D eigenvalue weighted by atomic mass is 10.0. The number of benzene rings is 2. The molecule has 0 aliphatic rings. The summed E-state index contributed by atoms with van der Waals surface area (Å²) in [7, 11) is 1.26. The number of hydrogen-bond donors (Lipinski definition) is 2. The van der Waals surface area contributed by atoms with Crippen molar-refractivity contribution in [2.24, 2.45) is 0 Å². The van der Waals surface area contributed by atoms with Crippen molar-refractivity contribution in [3.8, 4) is 23.0 Å². The molecule has 9 nitrogen and oxygen atoms in total. The first-order valence-corrected chi connectivity index (χ1v) is 12.3. The van der Waals surface area contributed by atoms with Crippen LogP contribution in [0.5, 0.6) is 23.0 Å². The van der Waals surface area contributed by atoms with Crippen LogP contribution in [0.3, 0.4) is 0 Å². The van der Waals surface area contributed by atoms with Gasteiger partial charge in [-0.25, -0.2) is 4.79 Å². The topological polar surface area (TPSA) is 129 Å². The smallest absolute Gasteiger partial charge is 0.343 e. The van der Waals surface area contributed by atoms with Gasteiger partial charge in [-0.2, -0.15) is 0 Å². The number of aliphatic hydroxyl groups excluding tert-OH is 1. The molecule has 2 N–H and O–H groups in total.